The van der Waals surface area contributed by atoms with Crippen molar-refractivity contribution in [2.75, 3.05) is 19.0 Å². The highest BCUT2D eigenvalue weighted by Gasteiger charge is 2.25. The first kappa shape index (κ1) is 14.8. The molecule has 0 aromatic heterocycles. The van der Waals surface area contributed by atoms with Crippen LogP contribution in [0, 0.1) is 0 Å². The second kappa shape index (κ2) is 6.23. The Bertz CT molecular complexity index is 641. The monoisotopic (exact) mass is 365 g/mol. The van der Waals surface area contributed by atoms with E-state index in [4.69, 9.17) is 4.74 Å². The van der Waals surface area contributed by atoms with Gasteiger partial charge in [-0.05, 0) is 12.1 Å². The molecule has 0 spiro atoms. The van der Waals surface area contributed by atoms with E-state index in [2.05, 4.69) is 29.4 Å². The Kier molecular flexibility index (Phi) is 4.85. The lowest BCUT2D eigenvalue weighted by Crippen LogP contribution is -2.39. The number of methoxy groups -OCH3 is 1. The molecule has 1 heterocycles. The summed E-state index contributed by atoms with van der Waals surface area (Å²) >= 11 is 4.24. The van der Waals surface area contributed by atoms with Gasteiger partial charge in [0.25, 0.3) is 0 Å². The maximum atomic E-state index is 12.3. The zero-order valence-corrected chi connectivity index (χ0v) is 13.3. The maximum absolute atomic E-state index is 12.3. The first-order chi connectivity index (χ1) is 9.08. The van der Waals surface area contributed by atoms with Gasteiger partial charge in [-0.3, -0.25) is 0 Å². The fourth-order valence-corrected chi connectivity index (χ4v) is 4.14. The normalized spacial score (nSPS) is 15.1. The van der Waals surface area contributed by atoms with Crippen molar-refractivity contribution >= 4 is 48.7 Å². The van der Waals surface area contributed by atoms with E-state index in [1.165, 1.54) is 13.2 Å². The lowest BCUT2D eigenvalue weighted by molar-refractivity contribution is 0.182. The van der Waals surface area contributed by atoms with Crippen LogP contribution in [-0.2, 0) is 26.1 Å². The molecular formula is C10H12BrN3O3S2. The Morgan fingerprint density at radius 2 is 2.26 bits per heavy atom. The number of nitrogens with one attached hydrogen (secondary N) is 1. The van der Waals surface area contributed by atoms with E-state index in [1.54, 1.807) is 12.1 Å². The highest BCUT2D eigenvalue weighted by atomic mass is 79.9. The summed E-state index contributed by atoms with van der Waals surface area (Å²) in [4.78, 5) is 0.140. The molecular weight excluding hydrogens is 354 g/mol. The van der Waals surface area contributed by atoms with Crippen molar-refractivity contribution in [3.8, 4) is 0 Å². The van der Waals surface area contributed by atoms with Crippen LogP contribution in [0.25, 0.3) is 0 Å². The molecule has 0 aliphatic carbocycles. The molecule has 1 unspecified atom stereocenters. The van der Waals surface area contributed by atoms with Crippen molar-refractivity contribution in [1.29, 1.82) is 0 Å². The molecule has 1 aliphatic heterocycles. The Morgan fingerprint density at radius 3 is 2.95 bits per heavy atom. The minimum Gasteiger partial charge on any atom is -0.383 e. The van der Waals surface area contributed by atoms with Gasteiger partial charge in [-0.25, -0.2) is 13.1 Å². The Balaban J connectivity index is 2.31. The molecule has 0 radical (unpaired) electrons. The highest BCUT2D eigenvalue weighted by molar-refractivity contribution is 9.09. The number of benzene rings is 1. The molecule has 0 bridgehead atoms. The summed E-state index contributed by atoms with van der Waals surface area (Å²) in [5, 5.41) is 0.464. The number of halogens is 1. The zero-order valence-electron chi connectivity index (χ0n) is 10.0. The van der Waals surface area contributed by atoms with Gasteiger partial charge in [-0.2, -0.15) is 8.73 Å². The van der Waals surface area contributed by atoms with Crippen molar-refractivity contribution in [3.63, 3.8) is 0 Å². The first-order valence-corrected chi connectivity index (χ1v) is 8.70. The van der Waals surface area contributed by atoms with Gasteiger partial charge in [-0.1, -0.05) is 22.0 Å². The van der Waals surface area contributed by atoms with E-state index < -0.39 is 10.0 Å². The topological polar surface area (TPSA) is 80.1 Å². The molecule has 1 atom stereocenters. The van der Waals surface area contributed by atoms with Crippen molar-refractivity contribution < 1.29 is 13.2 Å². The minimum atomic E-state index is -3.65. The minimum absolute atomic E-state index is 0.140. The SMILES string of the molecule is COCC(CBr)NS(=O)(=O)c1cccc2c1N=S=N2. The van der Waals surface area contributed by atoms with Gasteiger partial charge in [0.1, 0.15) is 16.3 Å². The van der Waals surface area contributed by atoms with E-state index >= 15 is 0 Å². The number of sulfonamides is 1. The second-order valence-electron chi connectivity index (χ2n) is 3.82. The van der Waals surface area contributed by atoms with Crippen LogP contribution < -0.4 is 4.72 Å². The van der Waals surface area contributed by atoms with E-state index in [9.17, 15) is 8.42 Å². The summed E-state index contributed by atoms with van der Waals surface area (Å²) in [7, 11) is -2.12. The standard InChI is InChI=1S/C10H12BrN3O3S2/c1-17-6-7(5-11)14-19(15,16)9-4-2-3-8-10(9)13-18-12-8/h2-4,7,14H,5-6H2,1H3. The molecule has 9 heteroatoms. The number of fused-ring (bicyclic) bond motifs is 1. The van der Waals surface area contributed by atoms with Crippen LogP contribution >= 0.6 is 15.9 Å². The van der Waals surface area contributed by atoms with Crippen molar-refractivity contribution in [2.45, 2.75) is 10.9 Å². The quantitative estimate of drug-likeness (QED) is 0.795. The van der Waals surface area contributed by atoms with Crippen LogP contribution in [0.3, 0.4) is 0 Å². The lowest BCUT2D eigenvalue weighted by Gasteiger charge is -2.16. The summed E-state index contributed by atoms with van der Waals surface area (Å²) < 4.78 is 40.3. The van der Waals surface area contributed by atoms with E-state index in [0.717, 1.165) is 11.4 Å². The molecule has 1 aliphatic rings. The third-order valence-corrected chi connectivity index (χ3v) is 5.29. The maximum Gasteiger partial charge on any atom is 0.243 e. The molecule has 1 N–H and O–H groups in total. The number of hydrogen-bond acceptors (Lipinski definition) is 5. The summed E-state index contributed by atoms with van der Waals surface area (Å²) in [6.45, 7) is 0.287. The van der Waals surface area contributed by atoms with Crippen molar-refractivity contribution in [1.82, 2.24) is 4.72 Å². The summed E-state index contributed by atoms with van der Waals surface area (Å²) in [5.41, 5.74) is 0.973. The predicted molar refractivity (Wildman–Crippen MR) is 77.8 cm³/mol. The van der Waals surface area contributed by atoms with Gasteiger partial charge in [0.05, 0.1) is 24.0 Å². The smallest absolute Gasteiger partial charge is 0.243 e. The van der Waals surface area contributed by atoms with Crippen molar-refractivity contribution in [2.24, 2.45) is 8.73 Å². The van der Waals surface area contributed by atoms with Gasteiger partial charge in [0.2, 0.25) is 10.0 Å². The summed E-state index contributed by atoms with van der Waals surface area (Å²) in [6.07, 6.45) is 0. The number of nitrogens with zero attached hydrogens (tertiary/aromatic N) is 2. The average molecular weight is 366 g/mol. The predicted octanol–water partition coefficient (Wildman–Crippen LogP) is 2.10. The first-order valence-electron chi connectivity index (χ1n) is 5.37. The van der Waals surface area contributed by atoms with Crippen molar-refractivity contribution in [3.05, 3.63) is 18.2 Å². The molecule has 0 fully saturated rings. The van der Waals surface area contributed by atoms with Gasteiger partial charge in [0.15, 0.2) is 0 Å². The largest absolute Gasteiger partial charge is 0.383 e. The fraction of sp³-hybridized carbons (Fsp3) is 0.400. The van der Waals surface area contributed by atoms with Crippen LogP contribution in [0.5, 0.6) is 0 Å². The molecule has 0 saturated carbocycles. The van der Waals surface area contributed by atoms with Crippen LogP contribution in [0.1, 0.15) is 0 Å². The Labute approximate surface area is 123 Å². The molecule has 19 heavy (non-hydrogen) atoms. The number of hydrogen-bond donors (Lipinski definition) is 1. The van der Waals surface area contributed by atoms with Crippen LogP contribution in [0.4, 0.5) is 11.4 Å². The van der Waals surface area contributed by atoms with E-state index in [-0.39, 0.29) is 17.5 Å². The number of ether oxygens (including phenoxy) is 1. The Hall–Kier alpha value is -0.610. The summed E-state index contributed by atoms with van der Waals surface area (Å²) in [6, 6.07) is 4.56. The van der Waals surface area contributed by atoms with E-state index in [0.29, 0.717) is 16.7 Å². The molecule has 1 aromatic carbocycles. The van der Waals surface area contributed by atoms with E-state index in [1.807, 2.05) is 0 Å². The van der Waals surface area contributed by atoms with Gasteiger partial charge >= 0.3 is 0 Å². The summed E-state index contributed by atoms with van der Waals surface area (Å²) in [5.74, 6) is 0. The zero-order chi connectivity index (χ0) is 13.9. The lowest BCUT2D eigenvalue weighted by atomic mass is 10.3. The fourth-order valence-electron chi connectivity index (χ4n) is 1.59. The van der Waals surface area contributed by atoms with Crippen LogP contribution in [-0.4, -0.2) is 33.5 Å². The molecule has 1 aromatic rings. The van der Waals surface area contributed by atoms with Gasteiger partial charge in [-0.15, -0.1) is 0 Å². The van der Waals surface area contributed by atoms with Gasteiger partial charge in [0, 0.05) is 12.4 Å². The molecule has 2 rings (SSSR count). The second-order valence-corrected chi connectivity index (χ2v) is 6.67. The average Bonchev–Trinajstić information content (AvgIpc) is 2.85. The molecule has 0 amide bonds. The van der Waals surface area contributed by atoms with Crippen LogP contribution in [0.2, 0.25) is 0 Å². The number of alkyl halides is 1. The third-order valence-electron chi connectivity index (χ3n) is 2.41. The van der Waals surface area contributed by atoms with Crippen LogP contribution in [0.15, 0.2) is 31.8 Å². The van der Waals surface area contributed by atoms with Gasteiger partial charge < -0.3 is 4.74 Å². The molecule has 6 nitrogen and oxygen atoms in total. The Morgan fingerprint density at radius 1 is 1.47 bits per heavy atom. The third kappa shape index (κ3) is 3.29. The molecule has 104 valence electrons. The molecule has 0 saturated heterocycles. The highest BCUT2D eigenvalue weighted by Crippen LogP contribution is 2.37. The number of rotatable bonds is 6.